The third kappa shape index (κ3) is 5.27. The lowest BCUT2D eigenvalue weighted by molar-refractivity contribution is -0.116. The zero-order valence-corrected chi connectivity index (χ0v) is 18.9. The summed E-state index contributed by atoms with van der Waals surface area (Å²) in [5.74, 6) is 0.756. The fourth-order valence-corrected chi connectivity index (χ4v) is 4.18. The van der Waals surface area contributed by atoms with Gasteiger partial charge in [0.25, 0.3) is 0 Å². The lowest BCUT2D eigenvalue weighted by atomic mass is 10.2. The smallest absolute Gasteiger partial charge is 0.237 e. The van der Waals surface area contributed by atoms with Gasteiger partial charge in [-0.25, -0.2) is 0 Å². The van der Waals surface area contributed by atoms with Crippen LogP contribution in [0.5, 0.6) is 0 Å². The maximum Gasteiger partial charge on any atom is 0.237 e. The lowest BCUT2D eigenvalue weighted by Crippen LogP contribution is -2.33. The Labute approximate surface area is 196 Å². The molecule has 1 amide bonds. The van der Waals surface area contributed by atoms with Gasteiger partial charge in [-0.2, -0.15) is 5.26 Å². The lowest BCUT2D eigenvalue weighted by Gasteiger charge is -2.22. The molecule has 0 saturated heterocycles. The minimum absolute atomic E-state index is 0.0906. The van der Waals surface area contributed by atoms with Gasteiger partial charge in [-0.15, -0.1) is 10.2 Å². The number of aryl methyl sites for hydroxylation is 1. The van der Waals surface area contributed by atoms with Crippen molar-refractivity contribution in [2.24, 2.45) is 0 Å². The molecule has 7 nitrogen and oxygen atoms in total. The molecule has 0 aliphatic carbocycles. The fourth-order valence-electron chi connectivity index (χ4n) is 3.35. The summed E-state index contributed by atoms with van der Waals surface area (Å²) < 4.78 is 1.94. The quantitative estimate of drug-likeness (QED) is 0.359. The van der Waals surface area contributed by atoms with Crippen LogP contribution in [0.15, 0.2) is 84.3 Å². The molecule has 0 atom stereocenters. The summed E-state index contributed by atoms with van der Waals surface area (Å²) in [6.07, 6.45) is 3.69. The number of nitriles is 1. The first-order chi connectivity index (χ1) is 16.2. The second-order valence-corrected chi connectivity index (χ2v) is 8.23. The van der Waals surface area contributed by atoms with Gasteiger partial charge in [0.05, 0.1) is 18.2 Å². The summed E-state index contributed by atoms with van der Waals surface area (Å²) in [6.45, 7) is 2.34. The molecule has 8 heteroatoms. The van der Waals surface area contributed by atoms with Gasteiger partial charge >= 0.3 is 0 Å². The van der Waals surface area contributed by atoms with E-state index in [0.29, 0.717) is 17.5 Å². The molecule has 0 spiro atoms. The van der Waals surface area contributed by atoms with Crippen molar-refractivity contribution in [3.63, 3.8) is 0 Å². The Balaban J connectivity index is 1.61. The maximum absolute atomic E-state index is 13.2. The molecule has 2 heterocycles. The second kappa shape index (κ2) is 10.6. The molecular formula is C25H22N6OS. The summed E-state index contributed by atoms with van der Waals surface area (Å²) in [7, 11) is 0. The molecular weight excluding hydrogens is 432 g/mol. The van der Waals surface area contributed by atoms with Crippen molar-refractivity contribution in [2.75, 3.05) is 17.2 Å². The largest absolute Gasteiger partial charge is 0.311 e. The van der Waals surface area contributed by atoms with Crippen molar-refractivity contribution >= 4 is 23.4 Å². The predicted molar refractivity (Wildman–Crippen MR) is 129 cm³/mol. The number of hydrogen-bond donors (Lipinski definition) is 0. The Morgan fingerprint density at radius 2 is 1.76 bits per heavy atom. The van der Waals surface area contributed by atoms with Crippen molar-refractivity contribution in [3.05, 3.63) is 84.7 Å². The highest BCUT2D eigenvalue weighted by molar-refractivity contribution is 7.99. The van der Waals surface area contributed by atoms with Gasteiger partial charge in [-0.05, 0) is 43.3 Å². The van der Waals surface area contributed by atoms with Gasteiger partial charge < -0.3 is 4.90 Å². The predicted octanol–water partition coefficient (Wildman–Crippen LogP) is 4.68. The molecule has 0 bridgehead atoms. The van der Waals surface area contributed by atoms with Gasteiger partial charge in [-0.3, -0.25) is 14.3 Å². The van der Waals surface area contributed by atoms with Crippen LogP contribution in [0.3, 0.4) is 0 Å². The summed E-state index contributed by atoms with van der Waals surface area (Å²) in [5.41, 5.74) is 3.68. The number of carbonyl (C=O) groups is 1. The van der Waals surface area contributed by atoms with Crippen LogP contribution in [0.4, 0.5) is 5.69 Å². The highest BCUT2D eigenvalue weighted by Crippen LogP contribution is 2.28. The first-order valence-corrected chi connectivity index (χ1v) is 11.4. The van der Waals surface area contributed by atoms with Gasteiger partial charge in [0.15, 0.2) is 11.0 Å². The van der Waals surface area contributed by atoms with Crippen LogP contribution in [-0.4, -0.2) is 38.0 Å². The van der Waals surface area contributed by atoms with Crippen molar-refractivity contribution < 1.29 is 4.79 Å². The summed E-state index contributed by atoms with van der Waals surface area (Å²) in [4.78, 5) is 18.9. The van der Waals surface area contributed by atoms with Crippen LogP contribution < -0.4 is 4.90 Å². The summed E-state index contributed by atoms with van der Waals surface area (Å²) in [6, 6.07) is 23.4. The number of thioether (sulfide) groups is 1. The maximum atomic E-state index is 13.2. The van der Waals surface area contributed by atoms with Crippen molar-refractivity contribution in [2.45, 2.75) is 18.5 Å². The van der Waals surface area contributed by atoms with E-state index in [0.717, 1.165) is 22.5 Å². The number of nitrogens with zero attached hydrogens (tertiary/aromatic N) is 6. The van der Waals surface area contributed by atoms with Gasteiger partial charge in [-0.1, -0.05) is 47.7 Å². The van der Waals surface area contributed by atoms with Gasteiger partial charge in [0.2, 0.25) is 5.91 Å². The first kappa shape index (κ1) is 22.2. The Morgan fingerprint density at radius 3 is 2.45 bits per heavy atom. The van der Waals surface area contributed by atoms with E-state index < -0.39 is 0 Å². The Kier molecular flexibility index (Phi) is 7.12. The van der Waals surface area contributed by atoms with E-state index in [1.54, 1.807) is 17.3 Å². The number of benzene rings is 2. The average molecular weight is 455 g/mol. The van der Waals surface area contributed by atoms with Crippen molar-refractivity contribution in [1.29, 1.82) is 5.26 Å². The number of anilines is 1. The zero-order chi connectivity index (χ0) is 23.0. The van der Waals surface area contributed by atoms with Gasteiger partial charge in [0, 0.05) is 35.9 Å². The number of amides is 1. The first-order valence-electron chi connectivity index (χ1n) is 10.5. The molecule has 164 valence electrons. The van der Waals surface area contributed by atoms with Crippen LogP contribution in [0.1, 0.15) is 12.0 Å². The van der Waals surface area contributed by atoms with Gasteiger partial charge in [0.1, 0.15) is 0 Å². The molecule has 4 aromatic rings. The van der Waals surface area contributed by atoms with Crippen LogP contribution in [-0.2, 0) is 4.79 Å². The fraction of sp³-hybridized carbons (Fsp3) is 0.160. The SMILES string of the molecule is Cc1ccc(N(CCC#N)C(=O)CSc2nnc(-c3ccncc3)n2-c2ccccc2)cc1. The second-order valence-electron chi connectivity index (χ2n) is 7.29. The topological polar surface area (TPSA) is 87.7 Å². The van der Waals surface area contributed by atoms with E-state index in [-0.39, 0.29) is 18.1 Å². The monoisotopic (exact) mass is 454 g/mol. The molecule has 0 fully saturated rings. The molecule has 0 saturated carbocycles. The summed E-state index contributed by atoms with van der Waals surface area (Å²) >= 11 is 1.32. The third-order valence-corrected chi connectivity index (χ3v) is 5.92. The molecule has 2 aromatic carbocycles. The molecule has 4 rings (SSSR count). The Hall–Kier alpha value is -3.96. The summed E-state index contributed by atoms with van der Waals surface area (Å²) in [5, 5.41) is 18.4. The number of hydrogen-bond acceptors (Lipinski definition) is 6. The molecule has 0 aliphatic rings. The normalized spacial score (nSPS) is 10.5. The standard InChI is InChI=1S/C25H22N6OS/c1-19-8-10-21(11-9-19)30(17-5-14-26)23(32)18-33-25-29-28-24(20-12-15-27-16-13-20)31(25)22-6-3-2-4-7-22/h2-4,6-13,15-16H,5,17-18H2,1H3. The molecule has 0 unspecified atom stereocenters. The van der Waals surface area contributed by atoms with E-state index in [1.807, 2.05) is 78.2 Å². The Morgan fingerprint density at radius 1 is 1.03 bits per heavy atom. The van der Waals surface area contributed by atoms with Crippen LogP contribution in [0.2, 0.25) is 0 Å². The van der Waals surface area contributed by atoms with Crippen molar-refractivity contribution in [3.8, 4) is 23.1 Å². The highest BCUT2D eigenvalue weighted by Gasteiger charge is 2.20. The van der Waals surface area contributed by atoms with E-state index in [1.165, 1.54) is 11.8 Å². The van der Waals surface area contributed by atoms with Crippen LogP contribution in [0, 0.1) is 18.3 Å². The third-order valence-electron chi connectivity index (χ3n) is 5.00. The van der Waals surface area contributed by atoms with E-state index in [2.05, 4.69) is 21.3 Å². The zero-order valence-electron chi connectivity index (χ0n) is 18.1. The number of carbonyl (C=O) groups excluding carboxylic acids is 1. The molecule has 0 aliphatic heterocycles. The minimum Gasteiger partial charge on any atom is -0.311 e. The van der Waals surface area contributed by atoms with E-state index in [9.17, 15) is 4.79 Å². The van der Waals surface area contributed by atoms with Crippen LogP contribution >= 0.6 is 11.8 Å². The number of para-hydroxylation sites is 1. The van der Waals surface area contributed by atoms with E-state index in [4.69, 9.17) is 5.26 Å². The average Bonchev–Trinajstić information content (AvgIpc) is 3.29. The Bertz CT molecular complexity index is 1250. The van der Waals surface area contributed by atoms with Crippen molar-refractivity contribution in [1.82, 2.24) is 19.7 Å². The molecule has 0 radical (unpaired) electrons. The number of aromatic nitrogens is 4. The molecule has 33 heavy (non-hydrogen) atoms. The number of pyridine rings is 1. The molecule has 2 aromatic heterocycles. The minimum atomic E-state index is -0.0906. The highest BCUT2D eigenvalue weighted by atomic mass is 32.2. The molecule has 0 N–H and O–H groups in total. The van der Waals surface area contributed by atoms with Crippen LogP contribution in [0.25, 0.3) is 17.1 Å². The van der Waals surface area contributed by atoms with E-state index >= 15 is 0 Å². The number of rotatable bonds is 8.